The molecule has 2 aromatic rings. The van der Waals surface area contributed by atoms with E-state index in [1.807, 2.05) is 0 Å². The van der Waals surface area contributed by atoms with Crippen molar-refractivity contribution in [2.24, 2.45) is 0 Å². The normalized spacial score (nSPS) is 11.6. The Balaban J connectivity index is 2.37. The van der Waals surface area contributed by atoms with Gasteiger partial charge in [0.1, 0.15) is 0 Å². The van der Waals surface area contributed by atoms with Crippen LogP contribution >= 0.6 is 0 Å². The Kier molecular flexibility index (Phi) is 2.94. The molecule has 0 fully saturated rings. The number of alkyl halides is 3. The topological polar surface area (TPSA) is 38.9 Å². The zero-order valence-electron chi connectivity index (χ0n) is 9.00. The van der Waals surface area contributed by atoms with E-state index in [2.05, 4.69) is 4.98 Å². The lowest BCUT2D eigenvalue weighted by atomic mass is 10.1. The Morgan fingerprint density at radius 2 is 1.61 bits per heavy atom. The maximum Gasteiger partial charge on any atom is 0.416 e. The van der Waals surface area contributed by atoms with Gasteiger partial charge in [0.2, 0.25) is 5.95 Å². The molecule has 6 heteroatoms. The third-order valence-corrected chi connectivity index (χ3v) is 2.41. The third-order valence-electron chi connectivity index (χ3n) is 2.41. The Labute approximate surface area is 100 Å². The highest BCUT2D eigenvalue weighted by molar-refractivity contribution is 5.66. The van der Waals surface area contributed by atoms with Crippen LogP contribution < -0.4 is 5.73 Å². The van der Waals surface area contributed by atoms with Crippen LogP contribution in [0.1, 0.15) is 5.56 Å². The van der Waals surface area contributed by atoms with Gasteiger partial charge in [0.25, 0.3) is 0 Å². The molecule has 0 aliphatic carbocycles. The highest BCUT2D eigenvalue weighted by Crippen LogP contribution is 2.31. The van der Waals surface area contributed by atoms with Crippen LogP contribution in [0.25, 0.3) is 11.1 Å². The van der Waals surface area contributed by atoms with Gasteiger partial charge in [-0.25, -0.2) is 4.98 Å². The first-order valence-corrected chi connectivity index (χ1v) is 4.96. The molecular weight excluding hydrogens is 248 g/mol. The summed E-state index contributed by atoms with van der Waals surface area (Å²) in [5.41, 5.74) is 5.40. The van der Waals surface area contributed by atoms with Crippen molar-refractivity contribution in [3.63, 3.8) is 0 Å². The first-order valence-electron chi connectivity index (χ1n) is 4.96. The number of aromatic nitrogens is 1. The Morgan fingerprint density at radius 1 is 1.00 bits per heavy atom. The largest absolute Gasteiger partial charge is 0.416 e. The van der Waals surface area contributed by atoms with Gasteiger partial charge in [-0.2, -0.15) is 17.6 Å². The van der Waals surface area contributed by atoms with Crippen molar-refractivity contribution < 1.29 is 17.6 Å². The van der Waals surface area contributed by atoms with E-state index in [0.29, 0.717) is 11.1 Å². The number of halogens is 4. The fourth-order valence-electron chi connectivity index (χ4n) is 1.47. The van der Waals surface area contributed by atoms with Crippen LogP contribution in [0.15, 0.2) is 36.5 Å². The number of pyridine rings is 1. The van der Waals surface area contributed by atoms with E-state index in [4.69, 9.17) is 5.73 Å². The standard InChI is InChI=1S/C12H8F4N2/c13-11-10(17)5-8(6-18-11)7-1-3-9(4-2-7)12(14,15)16/h1-6H,17H2. The summed E-state index contributed by atoms with van der Waals surface area (Å²) in [5, 5.41) is 0. The van der Waals surface area contributed by atoms with Crippen molar-refractivity contribution in [2.45, 2.75) is 6.18 Å². The second-order valence-corrected chi connectivity index (χ2v) is 3.68. The SMILES string of the molecule is Nc1cc(-c2ccc(C(F)(F)F)cc2)cnc1F. The zero-order valence-corrected chi connectivity index (χ0v) is 9.00. The molecule has 0 radical (unpaired) electrons. The minimum absolute atomic E-state index is 0.146. The van der Waals surface area contributed by atoms with E-state index in [1.165, 1.54) is 24.4 Å². The Hall–Kier alpha value is -2.11. The molecule has 0 saturated heterocycles. The highest BCUT2D eigenvalue weighted by atomic mass is 19.4. The molecular formula is C12H8F4N2. The molecule has 0 atom stereocenters. The summed E-state index contributed by atoms with van der Waals surface area (Å²) >= 11 is 0. The molecule has 0 bridgehead atoms. The predicted octanol–water partition coefficient (Wildman–Crippen LogP) is 3.49. The lowest BCUT2D eigenvalue weighted by Crippen LogP contribution is -2.04. The van der Waals surface area contributed by atoms with E-state index in [-0.39, 0.29) is 5.69 Å². The van der Waals surface area contributed by atoms with Gasteiger partial charge >= 0.3 is 6.18 Å². The number of benzene rings is 1. The van der Waals surface area contributed by atoms with Crippen LogP contribution in [0, 0.1) is 5.95 Å². The number of hydrogen-bond donors (Lipinski definition) is 1. The minimum atomic E-state index is -4.38. The molecule has 0 aliphatic rings. The second kappa shape index (κ2) is 4.29. The number of anilines is 1. The number of rotatable bonds is 1. The fourth-order valence-corrected chi connectivity index (χ4v) is 1.47. The smallest absolute Gasteiger partial charge is 0.395 e. The average molecular weight is 256 g/mol. The molecule has 2 nitrogen and oxygen atoms in total. The van der Waals surface area contributed by atoms with Gasteiger partial charge < -0.3 is 5.73 Å². The molecule has 0 amide bonds. The van der Waals surface area contributed by atoms with Crippen LogP contribution in [-0.4, -0.2) is 4.98 Å². The van der Waals surface area contributed by atoms with Crippen molar-refractivity contribution in [3.8, 4) is 11.1 Å². The molecule has 0 unspecified atom stereocenters. The number of hydrogen-bond acceptors (Lipinski definition) is 2. The lowest BCUT2D eigenvalue weighted by molar-refractivity contribution is -0.137. The monoisotopic (exact) mass is 256 g/mol. The van der Waals surface area contributed by atoms with Gasteiger partial charge in [-0.15, -0.1) is 0 Å². The number of nitrogens with two attached hydrogens (primary N) is 1. The molecule has 2 N–H and O–H groups in total. The summed E-state index contributed by atoms with van der Waals surface area (Å²) in [6.45, 7) is 0. The number of nitrogens with zero attached hydrogens (tertiary/aromatic N) is 1. The van der Waals surface area contributed by atoms with Crippen molar-refractivity contribution in [1.82, 2.24) is 4.98 Å². The zero-order chi connectivity index (χ0) is 13.3. The van der Waals surface area contributed by atoms with Crippen LogP contribution in [0.5, 0.6) is 0 Å². The van der Waals surface area contributed by atoms with Crippen molar-refractivity contribution in [1.29, 1.82) is 0 Å². The Bertz CT molecular complexity index is 561. The summed E-state index contributed by atoms with van der Waals surface area (Å²) < 4.78 is 49.9. The average Bonchev–Trinajstić information content (AvgIpc) is 2.32. The van der Waals surface area contributed by atoms with Gasteiger partial charge in [0, 0.05) is 11.8 Å². The van der Waals surface area contributed by atoms with Crippen LogP contribution in [0.3, 0.4) is 0 Å². The van der Waals surface area contributed by atoms with Gasteiger partial charge in [0.05, 0.1) is 11.3 Å². The van der Waals surface area contributed by atoms with Crippen LogP contribution in [0.2, 0.25) is 0 Å². The molecule has 1 aromatic carbocycles. The summed E-state index contributed by atoms with van der Waals surface area (Å²) in [6.07, 6.45) is -3.16. The third kappa shape index (κ3) is 2.42. The fraction of sp³-hybridized carbons (Fsp3) is 0.0833. The maximum absolute atomic E-state index is 12.8. The van der Waals surface area contributed by atoms with Crippen molar-refractivity contribution >= 4 is 5.69 Å². The van der Waals surface area contributed by atoms with Crippen LogP contribution in [0.4, 0.5) is 23.2 Å². The van der Waals surface area contributed by atoms with E-state index in [9.17, 15) is 17.6 Å². The van der Waals surface area contributed by atoms with Gasteiger partial charge in [-0.1, -0.05) is 12.1 Å². The molecule has 2 rings (SSSR count). The first-order chi connectivity index (χ1) is 8.38. The maximum atomic E-state index is 12.8. The molecule has 94 valence electrons. The molecule has 0 saturated carbocycles. The van der Waals surface area contributed by atoms with E-state index < -0.39 is 17.7 Å². The van der Waals surface area contributed by atoms with E-state index in [0.717, 1.165) is 12.1 Å². The summed E-state index contributed by atoms with van der Waals surface area (Å²) in [7, 11) is 0. The van der Waals surface area contributed by atoms with E-state index in [1.54, 1.807) is 0 Å². The summed E-state index contributed by atoms with van der Waals surface area (Å²) in [6, 6.07) is 5.81. The first kappa shape index (κ1) is 12.3. The van der Waals surface area contributed by atoms with Crippen LogP contribution in [-0.2, 0) is 6.18 Å². The summed E-state index contributed by atoms with van der Waals surface area (Å²) in [5.74, 6) is -0.800. The highest BCUT2D eigenvalue weighted by Gasteiger charge is 2.29. The lowest BCUT2D eigenvalue weighted by Gasteiger charge is -2.08. The quantitative estimate of drug-likeness (QED) is 0.626. The second-order valence-electron chi connectivity index (χ2n) is 3.68. The number of nitrogen functional groups attached to an aromatic ring is 1. The Morgan fingerprint density at radius 3 is 2.11 bits per heavy atom. The van der Waals surface area contributed by atoms with Crippen molar-refractivity contribution in [2.75, 3.05) is 5.73 Å². The summed E-state index contributed by atoms with van der Waals surface area (Å²) in [4.78, 5) is 3.41. The van der Waals surface area contributed by atoms with Gasteiger partial charge in [-0.05, 0) is 23.8 Å². The minimum Gasteiger partial charge on any atom is -0.395 e. The van der Waals surface area contributed by atoms with E-state index >= 15 is 0 Å². The van der Waals surface area contributed by atoms with Gasteiger partial charge in [0.15, 0.2) is 0 Å². The molecule has 0 spiro atoms. The molecule has 18 heavy (non-hydrogen) atoms. The molecule has 1 aromatic heterocycles. The predicted molar refractivity (Wildman–Crippen MR) is 59.0 cm³/mol. The van der Waals surface area contributed by atoms with Crippen molar-refractivity contribution in [3.05, 3.63) is 48.0 Å². The van der Waals surface area contributed by atoms with Gasteiger partial charge in [-0.3, -0.25) is 0 Å². The molecule has 1 heterocycles. The molecule has 0 aliphatic heterocycles.